The molecule has 1 aliphatic rings. The third-order valence-electron chi connectivity index (χ3n) is 2.89. The highest BCUT2D eigenvalue weighted by Crippen LogP contribution is 2.25. The Bertz CT molecular complexity index is 422. The first-order valence-electron chi connectivity index (χ1n) is 5.84. The predicted octanol–water partition coefficient (Wildman–Crippen LogP) is 1.50. The van der Waals surface area contributed by atoms with Crippen LogP contribution in [0.4, 0.5) is 0 Å². The summed E-state index contributed by atoms with van der Waals surface area (Å²) >= 11 is 1.62. The van der Waals surface area contributed by atoms with E-state index in [1.54, 1.807) is 16.2 Å². The smallest absolute Gasteiger partial charge is 0.224 e. The van der Waals surface area contributed by atoms with Crippen molar-refractivity contribution in [3.8, 4) is 0 Å². The Hall–Kier alpha value is -0.940. The number of carbonyl (C=O) groups excluding carboxylic acids is 1. The van der Waals surface area contributed by atoms with Gasteiger partial charge < -0.3 is 10.6 Å². The highest BCUT2D eigenvalue weighted by atomic mass is 32.1. The Morgan fingerprint density at radius 1 is 1.59 bits per heavy atom. The summed E-state index contributed by atoms with van der Waals surface area (Å²) in [5.41, 5.74) is 6.92. The van der Waals surface area contributed by atoms with Gasteiger partial charge in [0.2, 0.25) is 5.91 Å². The van der Waals surface area contributed by atoms with Crippen LogP contribution >= 0.6 is 11.3 Å². The molecule has 1 amide bonds. The van der Waals surface area contributed by atoms with Crippen LogP contribution in [0, 0.1) is 0 Å². The van der Waals surface area contributed by atoms with Gasteiger partial charge in [-0.1, -0.05) is 20.8 Å². The zero-order valence-electron chi connectivity index (χ0n) is 10.6. The van der Waals surface area contributed by atoms with Crippen molar-refractivity contribution in [3.63, 3.8) is 0 Å². The molecular formula is C12H19N3OS. The first-order valence-corrected chi connectivity index (χ1v) is 6.72. The first-order chi connectivity index (χ1) is 7.86. The molecule has 0 spiro atoms. The van der Waals surface area contributed by atoms with Gasteiger partial charge in [0, 0.05) is 29.8 Å². The Balaban J connectivity index is 2.05. The molecule has 1 fully saturated rings. The number of carbonyl (C=O) groups is 1. The number of amides is 1. The molecule has 1 aromatic rings. The minimum absolute atomic E-state index is 0.00968. The lowest BCUT2D eigenvalue weighted by Crippen LogP contribution is -2.27. The summed E-state index contributed by atoms with van der Waals surface area (Å²) in [5, 5.41) is 3.08. The lowest BCUT2D eigenvalue weighted by Gasteiger charge is -2.15. The van der Waals surface area contributed by atoms with Crippen molar-refractivity contribution in [1.82, 2.24) is 9.88 Å². The maximum Gasteiger partial charge on any atom is 0.224 e. The molecule has 0 aliphatic carbocycles. The highest BCUT2D eigenvalue weighted by Gasteiger charge is 2.28. The molecule has 0 aromatic carbocycles. The molecule has 0 radical (unpaired) electrons. The summed E-state index contributed by atoms with van der Waals surface area (Å²) in [7, 11) is 0. The van der Waals surface area contributed by atoms with Crippen LogP contribution < -0.4 is 5.73 Å². The van der Waals surface area contributed by atoms with Gasteiger partial charge in [0.15, 0.2) is 0 Å². The second-order valence-electron chi connectivity index (χ2n) is 5.61. The lowest BCUT2D eigenvalue weighted by molar-refractivity contribution is -0.128. The largest absolute Gasteiger partial charge is 0.334 e. The summed E-state index contributed by atoms with van der Waals surface area (Å²) < 4.78 is 0. The lowest BCUT2D eigenvalue weighted by atomic mass is 9.93. The predicted molar refractivity (Wildman–Crippen MR) is 68.8 cm³/mol. The van der Waals surface area contributed by atoms with E-state index in [1.165, 1.54) is 0 Å². The van der Waals surface area contributed by atoms with Crippen molar-refractivity contribution in [2.24, 2.45) is 5.73 Å². The summed E-state index contributed by atoms with van der Waals surface area (Å²) in [6.45, 7) is 7.69. The van der Waals surface area contributed by atoms with E-state index in [-0.39, 0.29) is 17.4 Å². The quantitative estimate of drug-likeness (QED) is 0.869. The summed E-state index contributed by atoms with van der Waals surface area (Å²) in [6.07, 6.45) is 0.470. The molecule has 1 aromatic heterocycles. The molecule has 94 valence electrons. The summed E-state index contributed by atoms with van der Waals surface area (Å²) in [4.78, 5) is 18.0. The average molecular weight is 253 g/mol. The fourth-order valence-corrected chi connectivity index (χ4v) is 2.88. The zero-order chi connectivity index (χ0) is 12.6. The van der Waals surface area contributed by atoms with Crippen LogP contribution in [0.2, 0.25) is 0 Å². The van der Waals surface area contributed by atoms with Crippen LogP contribution in [-0.2, 0) is 16.8 Å². The number of rotatable bonds is 2. The molecule has 0 saturated carbocycles. The second kappa shape index (κ2) is 4.38. The van der Waals surface area contributed by atoms with Gasteiger partial charge in [0.05, 0.1) is 12.2 Å². The molecule has 2 heterocycles. The number of aromatic nitrogens is 1. The van der Waals surface area contributed by atoms with Crippen LogP contribution in [0.15, 0.2) is 5.38 Å². The van der Waals surface area contributed by atoms with Gasteiger partial charge in [-0.2, -0.15) is 0 Å². The van der Waals surface area contributed by atoms with Crippen LogP contribution in [0.3, 0.4) is 0 Å². The van der Waals surface area contributed by atoms with E-state index < -0.39 is 0 Å². The Kier molecular flexibility index (Phi) is 3.23. The topological polar surface area (TPSA) is 59.2 Å². The third kappa shape index (κ3) is 2.84. The van der Waals surface area contributed by atoms with Crippen LogP contribution in [0.25, 0.3) is 0 Å². The zero-order valence-corrected chi connectivity index (χ0v) is 11.4. The van der Waals surface area contributed by atoms with Crippen LogP contribution in [0.5, 0.6) is 0 Å². The number of hydrogen-bond donors (Lipinski definition) is 1. The fraction of sp³-hybridized carbons (Fsp3) is 0.667. The number of likely N-dealkylation sites (tertiary alicyclic amines) is 1. The minimum atomic E-state index is -0.00968. The van der Waals surface area contributed by atoms with Gasteiger partial charge in [0.25, 0.3) is 0 Å². The van der Waals surface area contributed by atoms with Crippen LogP contribution in [0.1, 0.15) is 37.9 Å². The second-order valence-corrected chi connectivity index (χ2v) is 6.56. The van der Waals surface area contributed by atoms with Gasteiger partial charge in [-0.3, -0.25) is 4.79 Å². The van der Waals surface area contributed by atoms with Gasteiger partial charge in [-0.25, -0.2) is 4.98 Å². The molecular weight excluding hydrogens is 234 g/mol. The van der Waals surface area contributed by atoms with Gasteiger partial charge in [-0.15, -0.1) is 11.3 Å². The maximum atomic E-state index is 11.6. The van der Waals surface area contributed by atoms with Crippen molar-refractivity contribution in [2.45, 2.75) is 45.2 Å². The van der Waals surface area contributed by atoms with Crippen molar-refractivity contribution in [2.75, 3.05) is 6.54 Å². The van der Waals surface area contributed by atoms with Crippen molar-refractivity contribution in [1.29, 1.82) is 0 Å². The monoisotopic (exact) mass is 253 g/mol. The maximum absolute atomic E-state index is 11.6. The number of nitrogens with zero attached hydrogens (tertiary/aromatic N) is 2. The Morgan fingerprint density at radius 3 is 2.76 bits per heavy atom. The van der Waals surface area contributed by atoms with Crippen molar-refractivity contribution < 1.29 is 4.79 Å². The van der Waals surface area contributed by atoms with E-state index in [1.807, 2.05) is 0 Å². The summed E-state index contributed by atoms with van der Waals surface area (Å²) in [5.74, 6) is 0.144. The highest BCUT2D eigenvalue weighted by molar-refractivity contribution is 7.09. The van der Waals surface area contributed by atoms with E-state index in [4.69, 9.17) is 5.73 Å². The van der Waals surface area contributed by atoms with Crippen molar-refractivity contribution in [3.05, 3.63) is 16.1 Å². The van der Waals surface area contributed by atoms with Crippen molar-refractivity contribution >= 4 is 17.2 Å². The first kappa shape index (κ1) is 12.5. The van der Waals surface area contributed by atoms with Crippen LogP contribution in [-0.4, -0.2) is 28.4 Å². The third-order valence-corrected chi connectivity index (χ3v) is 3.72. The average Bonchev–Trinajstić information content (AvgIpc) is 2.74. The number of nitrogens with two attached hydrogens (primary N) is 1. The number of thiazole rings is 1. The van der Waals surface area contributed by atoms with E-state index in [9.17, 15) is 4.79 Å². The molecule has 2 N–H and O–H groups in total. The Labute approximate surface area is 106 Å². The molecule has 2 rings (SSSR count). The fourth-order valence-electron chi connectivity index (χ4n) is 1.85. The number of hydrogen-bond acceptors (Lipinski definition) is 4. The Morgan fingerprint density at radius 2 is 2.29 bits per heavy atom. The molecule has 1 aliphatic heterocycles. The molecule has 4 nitrogen and oxygen atoms in total. The molecule has 0 bridgehead atoms. The normalized spacial score (nSPS) is 21.3. The SMILES string of the molecule is CC(C)(C)c1csc(CN2CC(N)CC2=O)n1. The molecule has 5 heteroatoms. The van der Waals surface area contributed by atoms with E-state index in [0.29, 0.717) is 19.5 Å². The van der Waals surface area contributed by atoms with E-state index in [2.05, 4.69) is 31.1 Å². The van der Waals surface area contributed by atoms with Gasteiger partial charge in [-0.05, 0) is 0 Å². The van der Waals surface area contributed by atoms with Gasteiger partial charge >= 0.3 is 0 Å². The molecule has 1 unspecified atom stereocenters. The molecule has 1 atom stereocenters. The molecule has 1 saturated heterocycles. The van der Waals surface area contributed by atoms with E-state index >= 15 is 0 Å². The van der Waals surface area contributed by atoms with Gasteiger partial charge in [0.1, 0.15) is 5.01 Å². The molecule has 17 heavy (non-hydrogen) atoms. The minimum Gasteiger partial charge on any atom is -0.334 e. The summed E-state index contributed by atoms with van der Waals surface area (Å²) in [6, 6.07) is -0.00968. The standard InChI is InChI=1S/C12H19N3OS/c1-12(2,3)9-7-17-10(14-9)6-15-5-8(13)4-11(15)16/h7-8H,4-6,13H2,1-3H3. The van der Waals surface area contributed by atoms with E-state index in [0.717, 1.165) is 10.7 Å².